The Hall–Kier alpha value is -2.22. The Bertz CT molecular complexity index is 582. The van der Waals surface area contributed by atoms with Crippen LogP contribution in [-0.2, 0) is 4.74 Å². The van der Waals surface area contributed by atoms with Crippen molar-refractivity contribution in [3.63, 3.8) is 0 Å². The fourth-order valence-corrected chi connectivity index (χ4v) is 2.49. The van der Waals surface area contributed by atoms with Crippen LogP contribution >= 0.6 is 0 Å². The van der Waals surface area contributed by atoms with E-state index in [0.29, 0.717) is 26.2 Å². The number of benzene rings is 1. The summed E-state index contributed by atoms with van der Waals surface area (Å²) >= 11 is 0. The molecule has 1 aliphatic heterocycles. The van der Waals surface area contributed by atoms with Gasteiger partial charge in [-0.15, -0.1) is 0 Å². The van der Waals surface area contributed by atoms with Gasteiger partial charge in [0.25, 0.3) is 5.69 Å². The number of nitrogens with zero attached hydrogens (tertiary/aromatic N) is 2. The van der Waals surface area contributed by atoms with Gasteiger partial charge in [0.15, 0.2) is 0 Å². The topological polar surface area (TPSA) is 84.7 Å². The fraction of sp³-hybridized carbons (Fsp3) is 0.533. The summed E-state index contributed by atoms with van der Waals surface area (Å²) in [6.07, 6.45) is 1.20. The average molecular weight is 325 g/mol. The molecule has 1 aromatic rings. The Morgan fingerprint density at radius 1 is 1.57 bits per heavy atom. The molecule has 1 atom stereocenters. The van der Waals surface area contributed by atoms with Gasteiger partial charge in [0.05, 0.1) is 23.6 Å². The largest absolute Gasteiger partial charge is 0.449 e. The zero-order valence-corrected chi connectivity index (χ0v) is 13.0. The summed E-state index contributed by atoms with van der Waals surface area (Å²) in [7, 11) is 0. The average Bonchev–Trinajstić information content (AvgIpc) is 2.55. The number of ether oxygens (including phenoxy) is 1. The third-order valence-electron chi connectivity index (χ3n) is 3.76. The molecule has 1 fully saturated rings. The first-order valence-corrected chi connectivity index (χ1v) is 7.62. The highest BCUT2D eigenvalue weighted by molar-refractivity contribution is 5.68. The van der Waals surface area contributed by atoms with Gasteiger partial charge < -0.3 is 10.1 Å². The van der Waals surface area contributed by atoms with Crippen LogP contribution in [0.15, 0.2) is 18.2 Å². The van der Waals surface area contributed by atoms with E-state index >= 15 is 0 Å². The van der Waals surface area contributed by atoms with Gasteiger partial charge in [0.1, 0.15) is 5.82 Å². The lowest BCUT2D eigenvalue weighted by Crippen LogP contribution is -2.49. The van der Waals surface area contributed by atoms with Crippen molar-refractivity contribution in [3.05, 3.63) is 39.7 Å². The van der Waals surface area contributed by atoms with E-state index in [1.54, 1.807) is 0 Å². The highest BCUT2D eigenvalue weighted by atomic mass is 19.1. The molecule has 0 aromatic heterocycles. The number of unbranched alkanes of at least 4 members (excludes halogenated alkanes) is 1. The third-order valence-corrected chi connectivity index (χ3v) is 3.76. The van der Waals surface area contributed by atoms with E-state index in [9.17, 15) is 19.3 Å². The lowest BCUT2D eigenvalue weighted by atomic mass is 10.0. The van der Waals surface area contributed by atoms with Gasteiger partial charge in [-0.2, -0.15) is 0 Å². The molecular weight excluding hydrogens is 305 g/mol. The Labute approximate surface area is 133 Å². The highest BCUT2D eigenvalue weighted by Crippen LogP contribution is 2.27. The van der Waals surface area contributed by atoms with Gasteiger partial charge in [0, 0.05) is 31.3 Å². The molecular formula is C15H20FN3O4. The lowest BCUT2D eigenvalue weighted by molar-refractivity contribution is -0.385. The summed E-state index contributed by atoms with van der Waals surface area (Å²) in [4.78, 5) is 23.7. The second-order valence-electron chi connectivity index (χ2n) is 5.34. The minimum absolute atomic E-state index is 0.246. The van der Waals surface area contributed by atoms with Crippen molar-refractivity contribution >= 4 is 11.8 Å². The Morgan fingerprint density at radius 2 is 2.35 bits per heavy atom. The SMILES string of the molecule is CCCCOC(=O)N1CCNCC1c1ccc([N+](=O)[O-])cc1F. The number of hydrogen-bond donors (Lipinski definition) is 1. The van der Waals surface area contributed by atoms with Crippen LogP contribution in [0.4, 0.5) is 14.9 Å². The number of nitrogens with one attached hydrogen (secondary N) is 1. The van der Waals surface area contributed by atoms with Gasteiger partial charge >= 0.3 is 6.09 Å². The minimum atomic E-state index is -0.695. The molecule has 1 N–H and O–H groups in total. The van der Waals surface area contributed by atoms with E-state index in [0.717, 1.165) is 18.9 Å². The first-order chi connectivity index (χ1) is 11.0. The van der Waals surface area contributed by atoms with Crippen molar-refractivity contribution in [2.45, 2.75) is 25.8 Å². The van der Waals surface area contributed by atoms with Crippen molar-refractivity contribution < 1.29 is 18.8 Å². The van der Waals surface area contributed by atoms with Crippen LogP contribution in [0.1, 0.15) is 31.4 Å². The molecule has 0 bridgehead atoms. The monoisotopic (exact) mass is 325 g/mol. The molecule has 0 saturated carbocycles. The van der Waals surface area contributed by atoms with E-state index < -0.39 is 22.9 Å². The Kier molecular flexibility index (Phi) is 5.86. The summed E-state index contributed by atoms with van der Waals surface area (Å²) in [5.74, 6) is -0.695. The predicted octanol–water partition coefficient (Wildman–Crippen LogP) is 2.62. The zero-order valence-electron chi connectivity index (χ0n) is 13.0. The summed E-state index contributed by atoms with van der Waals surface area (Å²) in [6, 6.07) is 2.94. The lowest BCUT2D eigenvalue weighted by Gasteiger charge is -2.35. The minimum Gasteiger partial charge on any atom is -0.449 e. The Balaban J connectivity index is 2.17. The molecule has 1 unspecified atom stereocenters. The number of carbonyl (C=O) groups excluding carboxylic acids is 1. The summed E-state index contributed by atoms with van der Waals surface area (Å²) in [5, 5.41) is 13.8. The third kappa shape index (κ3) is 4.16. The number of piperazine rings is 1. The molecule has 1 aromatic carbocycles. The molecule has 0 aliphatic carbocycles. The van der Waals surface area contributed by atoms with Crippen molar-refractivity contribution in [2.24, 2.45) is 0 Å². The molecule has 0 radical (unpaired) electrons. The number of rotatable bonds is 5. The first-order valence-electron chi connectivity index (χ1n) is 7.62. The number of halogens is 1. The molecule has 8 heteroatoms. The number of nitro groups is 1. The summed E-state index contributed by atoms with van der Waals surface area (Å²) in [5.41, 5.74) is -0.0673. The van der Waals surface area contributed by atoms with E-state index in [1.165, 1.54) is 17.0 Å². The van der Waals surface area contributed by atoms with Crippen molar-refractivity contribution in [1.29, 1.82) is 0 Å². The second kappa shape index (κ2) is 7.87. The van der Waals surface area contributed by atoms with E-state index in [4.69, 9.17) is 4.74 Å². The van der Waals surface area contributed by atoms with Crippen molar-refractivity contribution in [1.82, 2.24) is 10.2 Å². The maximum absolute atomic E-state index is 14.2. The van der Waals surface area contributed by atoms with Crippen LogP contribution in [0.3, 0.4) is 0 Å². The smallest absolute Gasteiger partial charge is 0.410 e. The Morgan fingerprint density at radius 3 is 3.00 bits per heavy atom. The zero-order chi connectivity index (χ0) is 16.8. The molecule has 7 nitrogen and oxygen atoms in total. The van der Waals surface area contributed by atoms with Crippen LogP contribution in [0.25, 0.3) is 0 Å². The molecule has 1 aliphatic rings. The molecule has 1 heterocycles. The molecule has 1 saturated heterocycles. The summed E-state index contributed by atoms with van der Waals surface area (Å²) in [6.45, 7) is 3.68. The predicted molar refractivity (Wildman–Crippen MR) is 81.6 cm³/mol. The molecule has 1 amide bonds. The van der Waals surface area contributed by atoms with Crippen LogP contribution in [-0.4, -0.2) is 42.2 Å². The van der Waals surface area contributed by atoms with Gasteiger partial charge in [-0.1, -0.05) is 13.3 Å². The normalized spacial score (nSPS) is 17.8. The second-order valence-corrected chi connectivity index (χ2v) is 5.34. The maximum atomic E-state index is 14.2. The quantitative estimate of drug-likeness (QED) is 0.511. The standard InChI is InChI=1S/C15H20FN3O4/c1-2-3-8-23-15(20)18-7-6-17-10-14(18)12-5-4-11(19(21)22)9-13(12)16/h4-5,9,14,17H,2-3,6-8,10H2,1H3. The van der Waals surface area contributed by atoms with Gasteiger partial charge in [-0.05, 0) is 12.5 Å². The molecule has 126 valence electrons. The summed E-state index contributed by atoms with van der Waals surface area (Å²) < 4.78 is 19.4. The highest BCUT2D eigenvalue weighted by Gasteiger charge is 2.31. The first kappa shape index (κ1) is 17.1. The number of amides is 1. The maximum Gasteiger partial charge on any atom is 0.410 e. The molecule has 2 rings (SSSR count). The van der Waals surface area contributed by atoms with Gasteiger partial charge in [0.2, 0.25) is 0 Å². The number of carbonyl (C=O) groups is 1. The van der Waals surface area contributed by atoms with Crippen molar-refractivity contribution in [2.75, 3.05) is 26.2 Å². The number of nitro benzene ring substituents is 1. The fourth-order valence-electron chi connectivity index (χ4n) is 2.49. The van der Waals surface area contributed by atoms with Gasteiger partial charge in [-0.3, -0.25) is 15.0 Å². The number of hydrogen-bond acceptors (Lipinski definition) is 5. The van der Waals surface area contributed by atoms with E-state index in [-0.39, 0.29) is 11.3 Å². The van der Waals surface area contributed by atoms with Crippen LogP contribution in [0.2, 0.25) is 0 Å². The van der Waals surface area contributed by atoms with E-state index in [1.807, 2.05) is 6.92 Å². The van der Waals surface area contributed by atoms with Gasteiger partial charge in [-0.25, -0.2) is 9.18 Å². The van der Waals surface area contributed by atoms with E-state index in [2.05, 4.69) is 5.32 Å². The van der Waals surface area contributed by atoms with Crippen LogP contribution in [0.5, 0.6) is 0 Å². The number of non-ortho nitro benzene ring substituents is 1. The molecule has 0 spiro atoms. The van der Waals surface area contributed by atoms with Crippen molar-refractivity contribution in [3.8, 4) is 0 Å². The molecule has 23 heavy (non-hydrogen) atoms. The van der Waals surface area contributed by atoms with Crippen LogP contribution < -0.4 is 5.32 Å². The van der Waals surface area contributed by atoms with Crippen LogP contribution in [0, 0.1) is 15.9 Å².